The van der Waals surface area contributed by atoms with Crippen LogP contribution in [0.3, 0.4) is 0 Å². The molecule has 1 saturated heterocycles. The summed E-state index contributed by atoms with van der Waals surface area (Å²) < 4.78 is 20.9. The number of carbonyl (C=O) groups excluding carboxylic acids is 2. The van der Waals surface area contributed by atoms with Gasteiger partial charge in [-0.25, -0.2) is 4.98 Å². The van der Waals surface area contributed by atoms with Gasteiger partial charge in [-0.1, -0.05) is 6.07 Å². The summed E-state index contributed by atoms with van der Waals surface area (Å²) in [7, 11) is 4.71. The van der Waals surface area contributed by atoms with Crippen molar-refractivity contribution in [1.82, 2.24) is 15.2 Å². The number of likely N-dealkylation sites (tertiary alicyclic amines) is 1. The van der Waals surface area contributed by atoms with Crippen LogP contribution in [0.15, 0.2) is 36.5 Å². The van der Waals surface area contributed by atoms with Crippen molar-refractivity contribution in [2.24, 2.45) is 5.92 Å². The number of nitrogens with one attached hydrogen (secondary N) is 1. The predicted molar refractivity (Wildman–Crippen MR) is 122 cm³/mol. The third kappa shape index (κ3) is 6.82. The summed E-state index contributed by atoms with van der Waals surface area (Å²) in [5.41, 5.74) is 1.40. The molecule has 1 aliphatic rings. The van der Waals surface area contributed by atoms with Gasteiger partial charge in [0.2, 0.25) is 11.8 Å². The molecule has 1 aliphatic heterocycles. The first-order chi connectivity index (χ1) is 16.0. The summed E-state index contributed by atoms with van der Waals surface area (Å²) in [5.74, 6) is 1.42. The minimum Gasteiger partial charge on any atom is -0.497 e. The van der Waals surface area contributed by atoms with Gasteiger partial charge in [-0.2, -0.15) is 0 Å². The Morgan fingerprint density at radius 3 is 2.30 bits per heavy atom. The number of carbonyl (C=O) groups is 2. The van der Waals surface area contributed by atoms with Gasteiger partial charge in [-0.3, -0.25) is 9.59 Å². The molecule has 0 aliphatic carbocycles. The van der Waals surface area contributed by atoms with E-state index in [0.717, 1.165) is 5.56 Å². The molecule has 1 fully saturated rings. The van der Waals surface area contributed by atoms with Crippen LogP contribution in [0.2, 0.25) is 0 Å². The Morgan fingerprint density at radius 1 is 1.03 bits per heavy atom. The predicted octanol–water partition coefficient (Wildman–Crippen LogP) is 2.29. The zero-order valence-corrected chi connectivity index (χ0v) is 19.3. The second-order valence-electron chi connectivity index (χ2n) is 7.73. The molecule has 0 spiro atoms. The lowest BCUT2D eigenvalue weighted by Gasteiger charge is -2.31. The van der Waals surface area contributed by atoms with Crippen molar-refractivity contribution in [3.8, 4) is 17.4 Å². The number of nitrogens with zero attached hydrogens (tertiary/aromatic N) is 2. The Labute approximate surface area is 194 Å². The van der Waals surface area contributed by atoms with Gasteiger partial charge in [0.15, 0.2) is 0 Å². The van der Waals surface area contributed by atoms with Crippen molar-refractivity contribution in [2.75, 3.05) is 47.6 Å². The molecule has 0 bridgehead atoms. The standard InChI is InChI=1S/C24H31N3O6/c1-30-10-11-33-22-5-4-17(15-25-22)16-26-23(28)18-6-8-27(9-7-18)24(29)19-12-20(31-2)14-21(13-19)32-3/h4-5,12-15,18H,6-11,16H2,1-3H3,(H,26,28). The maximum absolute atomic E-state index is 12.9. The fourth-order valence-electron chi connectivity index (χ4n) is 3.62. The number of aromatic nitrogens is 1. The average Bonchev–Trinajstić information content (AvgIpc) is 2.87. The van der Waals surface area contributed by atoms with E-state index in [1.807, 2.05) is 6.07 Å². The number of hydrogen-bond donors (Lipinski definition) is 1. The monoisotopic (exact) mass is 457 g/mol. The number of hydrogen-bond acceptors (Lipinski definition) is 7. The SMILES string of the molecule is COCCOc1ccc(CNC(=O)C2CCN(C(=O)c3cc(OC)cc(OC)c3)CC2)cn1. The fourth-order valence-corrected chi connectivity index (χ4v) is 3.62. The van der Waals surface area contributed by atoms with Gasteiger partial charge in [-0.05, 0) is 30.5 Å². The first-order valence-corrected chi connectivity index (χ1v) is 10.9. The van der Waals surface area contributed by atoms with Gasteiger partial charge >= 0.3 is 0 Å². The Morgan fingerprint density at radius 2 is 1.73 bits per heavy atom. The summed E-state index contributed by atoms with van der Waals surface area (Å²) in [5, 5.41) is 2.97. The Balaban J connectivity index is 1.46. The zero-order valence-electron chi connectivity index (χ0n) is 19.3. The zero-order chi connectivity index (χ0) is 23.6. The molecule has 2 aromatic rings. The molecule has 0 radical (unpaired) electrons. The quantitative estimate of drug-likeness (QED) is 0.547. The summed E-state index contributed by atoms with van der Waals surface area (Å²) in [6.07, 6.45) is 2.92. The average molecular weight is 458 g/mol. The first-order valence-electron chi connectivity index (χ1n) is 10.9. The first kappa shape index (κ1) is 24.3. The van der Waals surface area contributed by atoms with Crippen molar-refractivity contribution in [3.63, 3.8) is 0 Å². The molecule has 0 atom stereocenters. The van der Waals surface area contributed by atoms with Crippen molar-refractivity contribution in [3.05, 3.63) is 47.7 Å². The topological polar surface area (TPSA) is 99.2 Å². The van der Waals surface area contributed by atoms with E-state index in [2.05, 4.69) is 10.3 Å². The van der Waals surface area contributed by atoms with Gasteiger partial charge in [-0.15, -0.1) is 0 Å². The smallest absolute Gasteiger partial charge is 0.254 e. The molecule has 1 aromatic carbocycles. The fraction of sp³-hybridized carbons (Fsp3) is 0.458. The number of amides is 2. The van der Waals surface area contributed by atoms with Crippen LogP contribution in [-0.2, 0) is 16.1 Å². The molecule has 1 aromatic heterocycles. The molecule has 178 valence electrons. The van der Waals surface area contributed by atoms with Crippen LogP contribution < -0.4 is 19.5 Å². The molecule has 3 rings (SSSR count). The maximum atomic E-state index is 12.9. The Bertz CT molecular complexity index is 904. The van der Waals surface area contributed by atoms with E-state index >= 15 is 0 Å². The third-order valence-electron chi connectivity index (χ3n) is 5.55. The van der Waals surface area contributed by atoms with Gasteiger partial charge in [0, 0.05) is 56.6 Å². The summed E-state index contributed by atoms with van der Waals surface area (Å²) >= 11 is 0. The number of methoxy groups -OCH3 is 3. The van der Waals surface area contributed by atoms with Crippen LogP contribution in [0.5, 0.6) is 17.4 Å². The Kier molecular flexibility index (Phi) is 8.88. The largest absolute Gasteiger partial charge is 0.497 e. The molecule has 2 amide bonds. The van der Waals surface area contributed by atoms with E-state index in [-0.39, 0.29) is 17.7 Å². The molecular weight excluding hydrogens is 426 g/mol. The van der Waals surface area contributed by atoms with Crippen LogP contribution in [0.4, 0.5) is 0 Å². The van der Waals surface area contributed by atoms with Crippen molar-refractivity contribution < 1.29 is 28.5 Å². The second kappa shape index (κ2) is 12.1. The normalized spacial score (nSPS) is 14.0. The lowest BCUT2D eigenvalue weighted by atomic mass is 9.95. The molecule has 1 N–H and O–H groups in total. The third-order valence-corrected chi connectivity index (χ3v) is 5.55. The molecular formula is C24H31N3O6. The molecule has 0 saturated carbocycles. The molecule has 9 heteroatoms. The number of pyridine rings is 1. The van der Waals surface area contributed by atoms with E-state index in [0.29, 0.717) is 68.6 Å². The Hall–Kier alpha value is -3.33. The molecule has 0 unspecified atom stereocenters. The lowest BCUT2D eigenvalue weighted by molar-refractivity contribution is -0.126. The van der Waals surface area contributed by atoms with Crippen LogP contribution in [0.25, 0.3) is 0 Å². The van der Waals surface area contributed by atoms with Crippen molar-refractivity contribution in [1.29, 1.82) is 0 Å². The number of benzene rings is 1. The minimum atomic E-state index is -0.126. The highest BCUT2D eigenvalue weighted by atomic mass is 16.5. The van der Waals surface area contributed by atoms with Crippen molar-refractivity contribution >= 4 is 11.8 Å². The van der Waals surface area contributed by atoms with Gasteiger partial charge in [0.05, 0.1) is 20.8 Å². The van der Waals surface area contributed by atoms with Gasteiger partial charge < -0.3 is 29.2 Å². The van der Waals surface area contributed by atoms with E-state index in [4.69, 9.17) is 18.9 Å². The summed E-state index contributed by atoms with van der Waals surface area (Å²) in [6, 6.07) is 8.77. The van der Waals surface area contributed by atoms with Crippen LogP contribution in [0.1, 0.15) is 28.8 Å². The molecule has 9 nitrogen and oxygen atoms in total. The van der Waals surface area contributed by atoms with Crippen LogP contribution in [-0.4, -0.2) is 69.3 Å². The number of rotatable bonds is 10. The minimum absolute atomic E-state index is 0.00873. The maximum Gasteiger partial charge on any atom is 0.254 e. The van der Waals surface area contributed by atoms with E-state index in [1.165, 1.54) is 0 Å². The van der Waals surface area contributed by atoms with Gasteiger partial charge in [0.25, 0.3) is 5.91 Å². The van der Waals surface area contributed by atoms with E-state index in [1.54, 1.807) is 56.7 Å². The highest BCUT2D eigenvalue weighted by Gasteiger charge is 2.28. The highest BCUT2D eigenvalue weighted by molar-refractivity contribution is 5.95. The summed E-state index contributed by atoms with van der Waals surface area (Å²) in [4.78, 5) is 31.5. The lowest BCUT2D eigenvalue weighted by Crippen LogP contribution is -2.42. The second-order valence-corrected chi connectivity index (χ2v) is 7.73. The van der Waals surface area contributed by atoms with Crippen molar-refractivity contribution in [2.45, 2.75) is 19.4 Å². The number of ether oxygens (including phenoxy) is 4. The highest BCUT2D eigenvalue weighted by Crippen LogP contribution is 2.25. The van der Waals surface area contributed by atoms with E-state index < -0.39 is 0 Å². The molecule has 33 heavy (non-hydrogen) atoms. The van der Waals surface area contributed by atoms with E-state index in [9.17, 15) is 9.59 Å². The van der Waals surface area contributed by atoms with Gasteiger partial charge in [0.1, 0.15) is 18.1 Å². The molecule has 2 heterocycles. The number of piperidine rings is 1. The van der Waals surface area contributed by atoms with Crippen LogP contribution in [0, 0.1) is 5.92 Å². The van der Waals surface area contributed by atoms with Crippen LogP contribution >= 0.6 is 0 Å². The summed E-state index contributed by atoms with van der Waals surface area (Å²) in [6.45, 7) is 2.37.